The fourth-order valence-corrected chi connectivity index (χ4v) is 2.06. The van der Waals surface area contributed by atoms with Crippen molar-refractivity contribution in [2.75, 3.05) is 7.11 Å². The van der Waals surface area contributed by atoms with Gasteiger partial charge >= 0.3 is 0 Å². The van der Waals surface area contributed by atoms with Crippen molar-refractivity contribution < 1.29 is 4.74 Å². The first kappa shape index (κ1) is 10.2. The maximum Gasteiger partial charge on any atom is 0.147 e. The lowest BCUT2D eigenvalue weighted by Crippen LogP contribution is -1.93. The first-order valence-electron chi connectivity index (χ1n) is 4.30. The minimum atomic E-state index is 0.572. The third-order valence-electron chi connectivity index (χ3n) is 2.17. The minimum absolute atomic E-state index is 0.572. The predicted molar refractivity (Wildman–Crippen MR) is 63.9 cm³/mol. The topological polar surface area (TPSA) is 50.3 Å². The first-order chi connectivity index (χ1) is 7.17. The number of aryl methyl sites for hydroxylation is 1. The van der Waals surface area contributed by atoms with E-state index in [1.54, 1.807) is 11.6 Å². The molecule has 2 aromatic rings. The molecule has 2 aromatic heterocycles. The quantitative estimate of drug-likeness (QED) is 0.758. The molecule has 15 heavy (non-hydrogen) atoms. The molecule has 0 atom stereocenters. The molecule has 0 bridgehead atoms. The first-order valence-corrected chi connectivity index (χ1v) is 5.38. The average Bonchev–Trinajstić information content (AvgIpc) is 2.52. The molecule has 2 rings (SSSR count). The fraction of sp³-hybridized carbons (Fsp3) is 0.200. The Kier molecular flexibility index (Phi) is 2.52. The molecule has 0 spiro atoms. The van der Waals surface area contributed by atoms with Crippen molar-refractivity contribution in [1.29, 1.82) is 5.26 Å². The van der Waals surface area contributed by atoms with E-state index in [9.17, 15) is 0 Å². The zero-order valence-corrected chi connectivity index (χ0v) is 10.4. The van der Waals surface area contributed by atoms with Crippen LogP contribution in [0.1, 0.15) is 11.3 Å². The number of hydrogen-bond donors (Lipinski definition) is 0. The van der Waals surface area contributed by atoms with Crippen LogP contribution in [0.5, 0.6) is 5.75 Å². The van der Waals surface area contributed by atoms with E-state index < -0.39 is 0 Å². The second kappa shape index (κ2) is 3.70. The molecule has 0 aliphatic heterocycles. The Labute approximate surface area is 101 Å². The molecule has 5 heteroatoms. The van der Waals surface area contributed by atoms with Gasteiger partial charge in [-0.05, 0) is 35.6 Å². The van der Waals surface area contributed by atoms with E-state index in [1.165, 1.54) is 0 Å². The zero-order valence-electron chi connectivity index (χ0n) is 8.28. The molecule has 0 aromatic carbocycles. The maximum absolute atomic E-state index is 9.03. The lowest BCUT2D eigenvalue weighted by Gasteiger charge is -2.03. The number of ether oxygens (including phenoxy) is 1. The van der Waals surface area contributed by atoms with Gasteiger partial charge in [0.1, 0.15) is 22.9 Å². The summed E-state index contributed by atoms with van der Waals surface area (Å²) in [4.78, 5) is 0. The SMILES string of the molecule is COc1cc(I)cn2nc(C)c(C#N)c12. The van der Waals surface area contributed by atoms with Crippen molar-refractivity contribution in [3.8, 4) is 11.8 Å². The van der Waals surface area contributed by atoms with E-state index in [0.717, 1.165) is 14.8 Å². The van der Waals surface area contributed by atoms with Gasteiger partial charge in [0, 0.05) is 9.77 Å². The van der Waals surface area contributed by atoms with E-state index in [-0.39, 0.29) is 0 Å². The zero-order chi connectivity index (χ0) is 11.0. The van der Waals surface area contributed by atoms with Crippen LogP contribution in [0.3, 0.4) is 0 Å². The molecule has 4 nitrogen and oxygen atoms in total. The van der Waals surface area contributed by atoms with Gasteiger partial charge in [0.15, 0.2) is 0 Å². The van der Waals surface area contributed by atoms with Crippen LogP contribution < -0.4 is 4.74 Å². The van der Waals surface area contributed by atoms with Crippen LogP contribution in [0.15, 0.2) is 12.3 Å². The highest BCUT2D eigenvalue weighted by Crippen LogP contribution is 2.26. The lowest BCUT2D eigenvalue weighted by atomic mass is 10.2. The largest absolute Gasteiger partial charge is 0.494 e. The van der Waals surface area contributed by atoms with Crippen LogP contribution in [-0.2, 0) is 0 Å². The van der Waals surface area contributed by atoms with Gasteiger partial charge in [-0.25, -0.2) is 4.52 Å². The predicted octanol–water partition coefficient (Wildman–Crippen LogP) is 2.13. The van der Waals surface area contributed by atoms with E-state index in [1.807, 2.05) is 19.2 Å². The van der Waals surface area contributed by atoms with Crippen LogP contribution in [-0.4, -0.2) is 16.7 Å². The standard InChI is InChI=1S/C10H8IN3O/c1-6-8(4-12)10-9(15-2)3-7(11)5-14(10)13-6/h3,5H,1-2H3. The summed E-state index contributed by atoms with van der Waals surface area (Å²) in [5.41, 5.74) is 2.03. The van der Waals surface area contributed by atoms with Crippen LogP contribution in [0, 0.1) is 21.8 Å². The molecule has 0 unspecified atom stereocenters. The molecule has 0 saturated carbocycles. The molecule has 0 fully saturated rings. The summed E-state index contributed by atoms with van der Waals surface area (Å²) in [6, 6.07) is 4.03. The molecule has 0 saturated heterocycles. The number of rotatable bonds is 1. The van der Waals surface area contributed by atoms with Gasteiger partial charge in [0.25, 0.3) is 0 Å². The van der Waals surface area contributed by atoms with Crippen LogP contribution in [0.2, 0.25) is 0 Å². The van der Waals surface area contributed by atoms with Gasteiger partial charge in [0.2, 0.25) is 0 Å². The van der Waals surface area contributed by atoms with Gasteiger partial charge in [-0.1, -0.05) is 0 Å². The monoisotopic (exact) mass is 313 g/mol. The van der Waals surface area contributed by atoms with Crippen molar-refractivity contribution in [2.45, 2.75) is 6.92 Å². The van der Waals surface area contributed by atoms with Gasteiger partial charge in [-0.2, -0.15) is 10.4 Å². The third-order valence-corrected chi connectivity index (χ3v) is 2.76. The molecule has 76 valence electrons. The van der Waals surface area contributed by atoms with Crippen molar-refractivity contribution in [2.24, 2.45) is 0 Å². The van der Waals surface area contributed by atoms with Crippen LogP contribution >= 0.6 is 22.6 Å². The van der Waals surface area contributed by atoms with Crippen molar-refractivity contribution >= 4 is 28.1 Å². The Morgan fingerprint density at radius 1 is 1.60 bits per heavy atom. The Balaban J connectivity index is 2.93. The average molecular weight is 313 g/mol. The Hall–Kier alpha value is -1.29. The van der Waals surface area contributed by atoms with Crippen LogP contribution in [0.25, 0.3) is 5.52 Å². The number of halogens is 1. The minimum Gasteiger partial charge on any atom is -0.494 e. The third kappa shape index (κ3) is 1.55. The molecule has 2 heterocycles. The smallest absolute Gasteiger partial charge is 0.147 e. The summed E-state index contributed by atoms with van der Waals surface area (Å²) in [6.45, 7) is 1.82. The van der Waals surface area contributed by atoms with Gasteiger partial charge < -0.3 is 4.74 Å². The highest BCUT2D eigenvalue weighted by atomic mass is 127. The summed E-state index contributed by atoms with van der Waals surface area (Å²) >= 11 is 2.19. The Bertz CT molecular complexity index is 568. The molecular formula is C10H8IN3O. The maximum atomic E-state index is 9.03. The highest BCUT2D eigenvalue weighted by Gasteiger charge is 2.14. The van der Waals surface area contributed by atoms with E-state index >= 15 is 0 Å². The molecule has 0 radical (unpaired) electrons. The number of methoxy groups -OCH3 is 1. The van der Waals surface area contributed by atoms with Crippen molar-refractivity contribution in [1.82, 2.24) is 9.61 Å². The van der Waals surface area contributed by atoms with Crippen molar-refractivity contribution in [3.63, 3.8) is 0 Å². The Morgan fingerprint density at radius 3 is 2.93 bits per heavy atom. The fourth-order valence-electron chi connectivity index (χ4n) is 1.51. The van der Waals surface area contributed by atoms with Crippen LogP contribution in [0.4, 0.5) is 0 Å². The number of nitrogens with zero attached hydrogens (tertiary/aromatic N) is 3. The Morgan fingerprint density at radius 2 is 2.33 bits per heavy atom. The summed E-state index contributed by atoms with van der Waals surface area (Å²) in [7, 11) is 1.59. The lowest BCUT2D eigenvalue weighted by molar-refractivity contribution is 0.417. The molecule has 0 amide bonds. The second-order valence-corrected chi connectivity index (χ2v) is 4.34. The molecule has 0 aliphatic rings. The van der Waals surface area contributed by atoms with Gasteiger partial charge in [-0.15, -0.1) is 0 Å². The summed E-state index contributed by atoms with van der Waals surface area (Å²) in [6.07, 6.45) is 1.87. The summed E-state index contributed by atoms with van der Waals surface area (Å²) in [5.74, 6) is 0.680. The summed E-state index contributed by atoms with van der Waals surface area (Å²) in [5, 5.41) is 13.3. The second-order valence-electron chi connectivity index (χ2n) is 3.09. The highest BCUT2D eigenvalue weighted by molar-refractivity contribution is 14.1. The molecular weight excluding hydrogens is 305 g/mol. The van der Waals surface area contributed by atoms with Crippen molar-refractivity contribution in [3.05, 3.63) is 27.1 Å². The van der Waals surface area contributed by atoms with Gasteiger partial charge in [0.05, 0.1) is 12.8 Å². The van der Waals surface area contributed by atoms with Gasteiger partial charge in [-0.3, -0.25) is 0 Å². The number of fused-ring (bicyclic) bond motifs is 1. The van der Waals surface area contributed by atoms with E-state index in [4.69, 9.17) is 10.00 Å². The van der Waals surface area contributed by atoms with E-state index in [2.05, 4.69) is 33.8 Å². The number of pyridine rings is 1. The summed E-state index contributed by atoms with van der Waals surface area (Å²) < 4.78 is 7.95. The van der Waals surface area contributed by atoms with E-state index in [0.29, 0.717) is 11.3 Å². The number of nitriles is 1. The normalized spacial score (nSPS) is 10.3. The molecule has 0 aliphatic carbocycles. The molecule has 0 N–H and O–H groups in total. The number of hydrogen-bond acceptors (Lipinski definition) is 3. The number of aromatic nitrogens is 2.